The number of nitrogen functional groups attached to an aromatic ring is 1. The molecular weight excluding hydrogens is 378 g/mol. The largest absolute Gasteiger partial charge is 0.492 e. The molecule has 0 aromatic heterocycles. The summed E-state index contributed by atoms with van der Waals surface area (Å²) in [6.07, 6.45) is 1.31. The van der Waals surface area contributed by atoms with E-state index in [0.29, 0.717) is 16.2 Å². The van der Waals surface area contributed by atoms with Crippen LogP contribution in [0.4, 0.5) is 10.5 Å². The summed E-state index contributed by atoms with van der Waals surface area (Å²) in [5.74, 6) is 0. The summed E-state index contributed by atoms with van der Waals surface area (Å²) in [6.45, 7) is 13.5. The second kappa shape index (κ2) is 7.97. The molecular formula is C20H30BClN2O4. The first-order valence-corrected chi connectivity index (χ1v) is 9.66. The molecule has 2 rings (SSSR count). The lowest BCUT2D eigenvalue weighted by Gasteiger charge is -2.32. The first-order chi connectivity index (χ1) is 12.7. The van der Waals surface area contributed by atoms with Crippen molar-refractivity contribution in [2.45, 2.75) is 65.3 Å². The normalized spacial score (nSPS) is 18.9. The van der Waals surface area contributed by atoms with E-state index in [4.69, 9.17) is 31.4 Å². The van der Waals surface area contributed by atoms with Gasteiger partial charge < -0.3 is 25.1 Å². The van der Waals surface area contributed by atoms with Crippen molar-refractivity contribution in [1.29, 1.82) is 0 Å². The Balaban J connectivity index is 2.30. The van der Waals surface area contributed by atoms with E-state index in [9.17, 15) is 4.79 Å². The number of alkyl carbamates (subject to hydrolysis) is 1. The second-order valence-electron chi connectivity index (χ2n) is 8.94. The molecule has 8 heteroatoms. The molecule has 1 saturated heterocycles. The van der Waals surface area contributed by atoms with Crippen molar-refractivity contribution in [3.63, 3.8) is 0 Å². The number of hydrogen-bond acceptors (Lipinski definition) is 5. The maximum absolute atomic E-state index is 12.1. The first-order valence-electron chi connectivity index (χ1n) is 9.28. The van der Waals surface area contributed by atoms with Crippen molar-refractivity contribution in [3.8, 4) is 0 Å². The van der Waals surface area contributed by atoms with Gasteiger partial charge in [-0.15, -0.1) is 0 Å². The molecule has 28 heavy (non-hydrogen) atoms. The number of anilines is 1. The molecule has 0 saturated carbocycles. The van der Waals surface area contributed by atoms with Crippen LogP contribution in [0.1, 0.15) is 54.0 Å². The summed E-state index contributed by atoms with van der Waals surface area (Å²) >= 11 is 6.11. The third-order valence-corrected chi connectivity index (χ3v) is 5.02. The van der Waals surface area contributed by atoms with Crippen molar-refractivity contribution >= 4 is 36.6 Å². The fourth-order valence-corrected chi connectivity index (χ4v) is 2.74. The molecule has 1 aromatic rings. The zero-order valence-electron chi connectivity index (χ0n) is 17.7. The molecule has 0 bridgehead atoms. The van der Waals surface area contributed by atoms with Crippen molar-refractivity contribution in [2.24, 2.45) is 0 Å². The van der Waals surface area contributed by atoms with Gasteiger partial charge in [-0.3, -0.25) is 0 Å². The summed E-state index contributed by atoms with van der Waals surface area (Å²) in [4.78, 5) is 12.1. The van der Waals surface area contributed by atoms with Gasteiger partial charge in [0.25, 0.3) is 0 Å². The Kier molecular flexibility index (Phi) is 6.43. The molecule has 1 aliphatic heterocycles. The van der Waals surface area contributed by atoms with Gasteiger partial charge in [-0.25, -0.2) is 4.79 Å². The Hall–Kier alpha value is -1.70. The van der Waals surface area contributed by atoms with Crippen LogP contribution in [0.2, 0.25) is 5.02 Å². The number of carbonyl (C=O) groups is 1. The molecule has 0 radical (unpaired) electrons. The van der Waals surface area contributed by atoms with Crippen LogP contribution in [-0.2, 0) is 14.0 Å². The smallest absolute Gasteiger partial charge is 0.444 e. The topological polar surface area (TPSA) is 82.8 Å². The molecule has 0 spiro atoms. The molecule has 0 unspecified atom stereocenters. The standard InChI is InChI=1S/C20H30BClN2O4/c1-18(2,3)26-17(25)24-12-14(10-13-11-15(22)8-9-16(13)23)21-27-19(4,5)20(6,7)28-21/h8-11H,12,23H2,1-7H3,(H,24,25). The second-order valence-corrected chi connectivity index (χ2v) is 9.37. The number of carbonyl (C=O) groups excluding carboxylic acids is 1. The Morgan fingerprint density at radius 2 is 1.82 bits per heavy atom. The Morgan fingerprint density at radius 1 is 1.25 bits per heavy atom. The maximum atomic E-state index is 12.1. The summed E-state index contributed by atoms with van der Waals surface area (Å²) in [5, 5.41) is 3.33. The van der Waals surface area contributed by atoms with Crippen molar-refractivity contribution in [1.82, 2.24) is 5.32 Å². The third-order valence-electron chi connectivity index (χ3n) is 4.78. The van der Waals surface area contributed by atoms with Crippen LogP contribution in [0.5, 0.6) is 0 Å². The number of amides is 1. The summed E-state index contributed by atoms with van der Waals surface area (Å²) in [6, 6.07) is 5.22. The predicted octanol–water partition coefficient (Wildman–Crippen LogP) is 4.46. The molecule has 1 amide bonds. The quantitative estimate of drug-likeness (QED) is 0.567. The summed E-state index contributed by atoms with van der Waals surface area (Å²) in [7, 11) is -0.640. The summed E-state index contributed by atoms with van der Waals surface area (Å²) < 4.78 is 17.6. The molecule has 154 valence electrons. The first kappa shape index (κ1) is 22.6. The monoisotopic (exact) mass is 408 g/mol. The SMILES string of the molecule is CC(C)(C)OC(=O)NCC(=Cc1cc(Cl)ccc1N)B1OC(C)(C)C(C)(C)O1. The molecule has 0 aliphatic carbocycles. The highest BCUT2D eigenvalue weighted by Gasteiger charge is 2.52. The average Bonchev–Trinajstić information content (AvgIpc) is 2.73. The van der Waals surface area contributed by atoms with Gasteiger partial charge in [0.05, 0.1) is 11.2 Å². The molecule has 3 N–H and O–H groups in total. The highest BCUT2D eigenvalue weighted by molar-refractivity contribution is 6.56. The lowest BCUT2D eigenvalue weighted by Crippen LogP contribution is -2.41. The van der Waals surface area contributed by atoms with Crippen LogP contribution >= 0.6 is 11.6 Å². The van der Waals surface area contributed by atoms with Crippen LogP contribution in [-0.4, -0.2) is 36.6 Å². The minimum Gasteiger partial charge on any atom is -0.444 e. The molecule has 1 aliphatic rings. The number of ether oxygens (including phenoxy) is 1. The van der Waals surface area contributed by atoms with E-state index < -0.39 is 30.0 Å². The van der Waals surface area contributed by atoms with Crippen LogP contribution in [0.25, 0.3) is 6.08 Å². The number of nitrogens with one attached hydrogen (secondary N) is 1. The van der Waals surface area contributed by atoms with Crippen molar-refractivity contribution in [3.05, 3.63) is 34.3 Å². The van der Waals surface area contributed by atoms with Gasteiger partial charge in [0, 0.05) is 17.3 Å². The molecule has 1 fully saturated rings. The number of nitrogens with two attached hydrogens (primary N) is 1. The number of benzene rings is 1. The van der Waals surface area contributed by atoms with Gasteiger partial charge in [-0.2, -0.15) is 0 Å². The minimum absolute atomic E-state index is 0.178. The molecule has 1 aromatic carbocycles. The number of hydrogen-bond donors (Lipinski definition) is 2. The highest BCUT2D eigenvalue weighted by Crippen LogP contribution is 2.39. The van der Waals surface area contributed by atoms with E-state index in [1.165, 1.54) is 0 Å². The molecule has 6 nitrogen and oxygen atoms in total. The number of rotatable bonds is 4. The van der Waals surface area contributed by atoms with Crippen LogP contribution < -0.4 is 11.1 Å². The fraction of sp³-hybridized carbons (Fsp3) is 0.550. The summed E-state index contributed by atoms with van der Waals surface area (Å²) in [5.41, 5.74) is 6.47. The van der Waals surface area contributed by atoms with E-state index in [0.717, 1.165) is 5.56 Å². The maximum Gasteiger partial charge on any atom is 0.492 e. The van der Waals surface area contributed by atoms with Gasteiger partial charge in [-0.05, 0) is 77.7 Å². The third kappa shape index (κ3) is 5.66. The molecule has 1 heterocycles. The van der Waals surface area contributed by atoms with Gasteiger partial charge in [0.15, 0.2) is 0 Å². The molecule has 0 atom stereocenters. The van der Waals surface area contributed by atoms with E-state index >= 15 is 0 Å². The highest BCUT2D eigenvalue weighted by atomic mass is 35.5. The van der Waals surface area contributed by atoms with Gasteiger partial charge in [0.1, 0.15) is 5.60 Å². The van der Waals surface area contributed by atoms with Gasteiger partial charge >= 0.3 is 13.2 Å². The van der Waals surface area contributed by atoms with Crippen LogP contribution in [0.15, 0.2) is 23.7 Å². The lowest BCUT2D eigenvalue weighted by molar-refractivity contribution is 0.00578. The predicted molar refractivity (Wildman–Crippen MR) is 114 cm³/mol. The van der Waals surface area contributed by atoms with Crippen LogP contribution in [0.3, 0.4) is 0 Å². The zero-order chi connectivity index (χ0) is 21.3. The average molecular weight is 409 g/mol. The van der Waals surface area contributed by atoms with Gasteiger partial charge in [-0.1, -0.05) is 17.7 Å². The van der Waals surface area contributed by atoms with E-state index in [1.807, 2.05) is 54.5 Å². The number of halogens is 1. The Bertz CT molecular complexity index is 756. The lowest BCUT2D eigenvalue weighted by atomic mass is 9.77. The van der Waals surface area contributed by atoms with E-state index in [2.05, 4.69) is 5.32 Å². The van der Waals surface area contributed by atoms with E-state index in [-0.39, 0.29) is 6.54 Å². The fourth-order valence-electron chi connectivity index (χ4n) is 2.56. The van der Waals surface area contributed by atoms with Crippen molar-refractivity contribution < 1.29 is 18.8 Å². The zero-order valence-corrected chi connectivity index (χ0v) is 18.4. The Morgan fingerprint density at radius 3 is 2.36 bits per heavy atom. The van der Waals surface area contributed by atoms with Crippen molar-refractivity contribution in [2.75, 3.05) is 12.3 Å². The van der Waals surface area contributed by atoms with Gasteiger partial charge in [0.2, 0.25) is 0 Å². The minimum atomic E-state index is -0.640. The Labute approximate surface area is 172 Å². The van der Waals surface area contributed by atoms with E-state index in [1.54, 1.807) is 18.2 Å². The van der Waals surface area contributed by atoms with Crippen LogP contribution in [0, 0.1) is 0 Å².